The van der Waals surface area contributed by atoms with E-state index in [1.165, 1.54) is 99.3 Å². The highest BCUT2D eigenvalue weighted by molar-refractivity contribution is 7.84. The number of nitrogens with one attached hydrogen (secondary N) is 1. The molecule has 0 saturated heterocycles. The molecule has 4 heteroatoms. The lowest BCUT2D eigenvalue weighted by molar-refractivity contribution is 0.0195. The smallest absolute Gasteiger partial charge is 0.0979 e. The Hall–Kier alpha value is -1.02. The van der Waals surface area contributed by atoms with Crippen LogP contribution in [0, 0.1) is 49.4 Å². The fourth-order valence-corrected chi connectivity index (χ4v) is 18.6. The minimum atomic E-state index is -1.17. The van der Waals surface area contributed by atoms with Crippen LogP contribution >= 0.6 is 7.92 Å². The summed E-state index contributed by atoms with van der Waals surface area (Å²) in [5.74, 6) is 5.83. The molecule has 2 nitrogen and oxygen atoms in total. The summed E-state index contributed by atoms with van der Waals surface area (Å²) in [6, 6.07) is 16.6. The van der Waals surface area contributed by atoms with Crippen LogP contribution in [0.3, 0.4) is 0 Å². The fourth-order valence-electron chi connectivity index (χ4n) is 12.4. The van der Waals surface area contributed by atoms with Crippen LogP contribution < -0.4 is 10.0 Å². The van der Waals surface area contributed by atoms with Gasteiger partial charge in [-0.1, -0.05) is 61.5 Å². The Bertz CT molecular complexity index is 1290. The van der Waals surface area contributed by atoms with Crippen molar-refractivity contribution in [3.05, 3.63) is 64.7 Å². The van der Waals surface area contributed by atoms with Crippen molar-refractivity contribution in [1.29, 1.82) is 0 Å². The molecule has 43 heavy (non-hydrogen) atoms. The van der Waals surface area contributed by atoms with Gasteiger partial charge in [-0.15, -0.1) is 0 Å². The van der Waals surface area contributed by atoms with Crippen LogP contribution in [-0.2, 0) is 11.0 Å². The molecule has 8 aliphatic rings. The third-order valence-electron chi connectivity index (χ3n) is 12.8. The zero-order chi connectivity index (χ0) is 29.7. The zero-order valence-electron chi connectivity index (χ0n) is 27.3. The standard InChI is InChI=1S/C39H54NOPS/c1-25-10-26(2)12-33(11-25)36(40-43(41)37(3,4)5)34-8-6-7-9-35(34)42(38-19-27-13-28(20-38)15-29(14-27)21-38)39-22-30-16-31(23-39)18-32(17-30)24-39/h6-12,27-32,36,40H,13-24H2,1-5H3. The molecule has 8 saturated carbocycles. The van der Waals surface area contributed by atoms with Crippen LogP contribution in [0.2, 0.25) is 0 Å². The molecule has 232 valence electrons. The first-order chi connectivity index (χ1) is 20.5. The van der Waals surface area contributed by atoms with Crippen molar-refractivity contribution in [2.24, 2.45) is 35.5 Å². The van der Waals surface area contributed by atoms with E-state index in [0.29, 0.717) is 10.3 Å². The van der Waals surface area contributed by atoms with E-state index in [-0.39, 0.29) is 18.7 Å². The molecular formula is C39H54NOPS. The lowest BCUT2D eigenvalue weighted by atomic mass is 9.55. The summed E-state index contributed by atoms with van der Waals surface area (Å²) < 4.78 is 17.4. The van der Waals surface area contributed by atoms with Gasteiger partial charge in [0.2, 0.25) is 0 Å². The summed E-state index contributed by atoms with van der Waals surface area (Å²) in [6.45, 7) is 10.8. The largest absolute Gasteiger partial charge is 0.242 e. The fraction of sp³-hybridized carbons (Fsp3) is 0.692. The first kappa shape index (κ1) is 29.4. The first-order valence-corrected chi connectivity index (χ1v) is 20.1. The van der Waals surface area contributed by atoms with Crippen LogP contribution in [-0.4, -0.2) is 19.3 Å². The number of hydrogen-bond acceptors (Lipinski definition) is 1. The van der Waals surface area contributed by atoms with E-state index >= 15 is 0 Å². The summed E-state index contributed by atoms with van der Waals surface area (Å²) >= 11 is 0. The van der Waals surface area contributed by atoms with E-state index in [0.717, 1.165) is 35.5 Å². The minimum Gasteiger partial charge on any atom is -0.242 e. The van der Waals surface area contributed by atoms with Gasteiger partial charge in [0, 0.05) is 0 Å². The van der Waals surface area contributed by atoms with Crippen molar-refractivity contribution in [1.82, 2.24) is 4.72 Å². The molecule has 0 aromatic heterocycles. The van der Waals surface area contributed by atoms with Crippen molar-refractivity contribution in [2.75, 3.05) is 0 Å². The molecule has 2 unspecified atom stereocenters. The van der Waals surface area contributed by atoms with Crippen LogP contribution in [0.25, 0.3) is 0 Å². The van der Waals surface area contributed by atoms with Gasteiger partial charge in [0.25, 0.3) is 0 Å². The van der Waals surface area contributed by atoms with Gasteiger partial charge >= 0.3 is 0 Å². The number of rotatable bonds is 7. The Kier molecular flexibility index (Phi) is 7.18. The van der Waals surface area contributed by atoms with Gasteiger partial charge in [-0.25, -0.2) is 8.93 Å². The first-order valence-electron chi connectivity index (χ1n) is 17.6. The average Bonchev–Trinajstić information content (AvgIpc) is 2.89. The van der Waals surface area contributed by atoms with Gasteiger partial charge in [-0.05, 0) is 174 Å². The molecule has 0 aliphatic heterocycles. The molecule has 8 aliphatic carbocycles. The molecule has 2 atom stereocenters. The molecular weight excluding hydrogens is 561 g/mol. The highest BCUT2D eigenvalue weighted by Crippen LogP contribution is 2.78. The molecule has 8 bridgehead atoms. The van der Waals surface area contributed by atoms with Crippen molar-refractivity contribution in [3.63, 3.8) is 0 Å². The van der Waals surface area contributed by atoms with Crippen molar-refractivity contribution >= 4 is 24.2 Å². The highest BCUT2D eigenvalue weighted by atomic mass is 32.2. The molecule has 2 aromatic rings. The van der Waals surface area contributed by atoms with Gasteiger partial charge in [0.05, 0.1) is 21.8 Å². The quantitative estimate of drug-likeness (QED) is 0.309. The SMILES string of the molecule is Cc1cc(C)cc(C(NS(=O)C(C)(C)C)c2ccccc2P(C23CC4CC(CC(C4)C2)C3)C23CC4CC(CC(C4)C2)C3)c1. The van der Waals surface area contributed by atoms with E-state index in [4.69, 9.17) is 0 Å². The molecule has 0 spiro atoms. The van der Waals surface area contributed by atoms with Gasteiger partial charge in [-0.3, -0.25) is 0 Å². The average molecular weight is 616 g/mol. The minimum absolute atomic E-state index is 0.0531. The summed E-state index contributed by atoms with van der Waals surface area (Å²) in [6.07, 6.45) is 18.1. The Labute approximate surface area is 265 Å². The number of hydrogen-bond donors (Lipinski definition) is 1. The van der Waals surface area contributed by atoms with Gasteiger partial charge in [0.15, 0.2) is 0 Å². The molecule has 0 heterocycles. The normalized spacial score (nSPS) is 39.7. The molecule has 8 fully saturated rings. The van der Waals surface area contributed by atoms with E-state index in [1.54, 1.807) is 5.30 Å². The Morgan fingerprint density at radius 2 is 1.14 bits per heavy atom. The lowest BCUT2D eigenvalue weighted by Crippen LogP contribution is -2.58. The van der Waals surface area contributed by atoms with E-state index in [9.17, 15) is 4.21 Å². The summed E-state index contributed by atoms with van der Waals surface area (Å²) in [7, 11) is -1.52. The summed E-state index contributed by atoms with van der Waals surface area (Å²) in [4.78, 5) is 0. The van der Waals surface area contributed by atoms with Crippen LogP contribution in [0.4, 0.5) is 0 Å². The predicted octanol–water partition coefficient (Wildman–Crippen LogP) is 9.49. The summed E-state index contributed by atoms with van der Waals surface area (Å²) in [5, 5.41) is 2.73. The molecule has 0 radical (unpaired) electrons. The topological polar surface area (TPSA) is 29.1 Å². The number of benzene rings is 2. The van der Waals surface area contributed by atoms with E-state index in [1.807, 2.05) is 0 Å². The van der Waals surface area contributed by atoms with Crippen LogP contribution in [0.5, 0.6) is 0 Å². The second kappa shape index (κ2) is 10.5. The van der Waals surface area contributed by atoms with E-state index in [2.05, 4.69) is 81.8 Å². The van der Waals surface area contributed by atoms with Crippen molar-refractivity contribution < 1.29 is 4.21 Å². The predicted molar refractivity (Wildman–Crippen MR) is 184 cm³/mol. The molecule has 10 rings (SSSR count). The maximum atomic E-state index is 13.9. The monoisotopic (exact) mass is 615 g/mol. The maximum absolute atomic E-state index is 13.9. The van der Waals surface area contributed by atoms with Gasteiger partial charge < -0.3 is 0 Å². The molecule has 2 aromatic carbocycles. The Morgan fingerprint density at radius 1 is 0.721 bits per heavy atom. The summed E-state index contributed by atoms with van der Waals surface area (Å²) in [5.41, 5.74) is 5.33. The van der Waals surface area contributed by atoms with Gasteiger partial charge in [0.1, 0.15) is 0 Å². The van der Waals surface area contributed by atoms with E-state index < -0.39 is 11.0 Å². The number of aryl methyl sites for hydroxylation is 2. The Morgan fingerprint density at radius 3 is 1.56 bits per heavy atom. The van der Waals surface area contributed by atoms with Gasteiger partial charge in [-0.2, -0.15) is 0 Å². The third kappa shape index (κ3) is 5.15. The van der Waals surface area contributed by atoms with Crippen molar-refractivity contribution in [3.8, 4) is 0 Å². The molecule has 0 amide bonds. The maximum Gasteiger partial charge on any atom is 0.0979 e. The third-order valence-corrected chi connectivity index (χ3v) is 18.3. The van der Waals surface area contributed by atoms with Crippen LogP contribution in [0.1, 0.15) is 126 Å². The lowest BCUT2D eigenvalue weighted by Gasteiger charge is -2.67. The van der Waals surface area contributed by atoms with Crippen molar-refractivity contribution in [2.45, 2.75) is 133 Å². The Balaban J connectivity index is 1.31. The highest BCUT2D eigenvalue weighted by Gasteiger charge is 2.63. The molecule has 1 N–H and O–H groups in total. The second-order valence-corrected chi connectivity index (χ2v) is 22.6. The second-order valence-electron chi connectivity index (χ2n) is 17.5. The zero-order valence-corrected chi connectivity index (χ0v) is 29.0. The van der Waals surface area contributed by atoms with Crippen LogP contribution in [0.15, 0.2) is 42.5 Å².